The van der Waals surface area contributed by atoms with E-state index in [0.29, 0.717) is 60.6 Å². The average Bonchev–Trinajstić information content (AvgIpc) is 3.15. The van der Waals surface area contributed by atoms with E-state index in [-0.39, 0.29) is 0 Å². The molecular formula is C40H48O10. The summed E-state index contributed by atoms with van der Waals surface area (Å²) >= 11 is 0. The van der Waals surface area contributed by atoms with Gasteiger partial charge in [0.1, 0.15) is 23.0 Å². The smallest absolute Gasteiger partial charge is 0.343 e. The van der Waals surface area contributed by atoms with E-state index in [9.17, 15) is 19.2 Å². The number of ether oxygens (including phenoxy) is 6. The second kappa shape index (κ2) is 24.7. The molecule has 0 aromatic heterocycles. The molecule has 0 aliphatic carbocycles. The number of benzene rings is 3. The van der Waals surface area contributed by atoms with E-state index < -0.39 is 23.9 Å². The minimum absolute atomic E-state index is 0.303. The Morgan fingerprint density at radius 1 is 0.460 bits per heavy atom. The zero-order valence-electron chi connectivity index (χ0n) is 29.1. The van der Waals surface area contributed by atoms with Crippen molar-refractivity contribution in [2.24, 2.45) is 0 Å². The van der Waals surface area contributed by atoms with Crippen molar-refractivity contribution in [2.45, 2.75) is 65.2 Å². The summed E-state index contributed by atoms with van der Waals surface area (Å²) in [5.74, 6) is 0.0267. The van der Waals surface area contributed by atoms with Crippen LogP contribution in [0.5, 0.6) is 23.0 Å². The monoisotopic (exact) mass is 688 g/mol. The lowest BCUT2D eigenvalue weighted by molar-refractivity contribution is -0.138. The number of hydrogen-bond acceptors (Lipinski definition) is 10. The van der Waals surface area contributed by atoms with Gasteiger partial charge in [0.25, 0.3) is 0 Å². The van der Waals surface area contributed by atoms with Crippen LogP contribution in [0.2, 0.25) is 0 Å². The first kappa shape index (κ1) is 40.8. The van der Waals surface area contributed by atoms with Crippen LogP contribution in [0.1, 0.15) is 85.9 Å². The fraction of sp³-hybridized carbons (Fsp3) is 0.350. The third-order valence-electron chi connectivity index (χ3n) is 6.86. The van der Waals surface area contributed by atoms with Crippen molar-refractivity contribution in [3.05, 3.63) is 109 Å². The number of hydrogen-bond donors (Lipinski definition) is 0. The van der Waals surface area contributed by atoms with Gasteiger partial charge in [-0.05, 0) is 124 Å². The Labute approximate surface area is 295 Å². The summed E-state index contributed by atoms with van der Waals surface area (Å²) in [5.41, 5.74) is 0.728. The van der Waals surface area contributed by atoms with Crippen molar-refractivity contribution in [1.82, 2.24) is 0 Å². The van der Waals surface area contributed by atoms with Crippen LogP contribution >= 0.6 is 0 Å². The number of esters is 4. The molecule has 0 aliphatic rings. The summed E-state index contributed by atoms with van der Waals surface area (Å²) < 4.78 is 32.3. The van der Waals surface area contributed by atoms with Gasteiger partial charge in [-0.25, -0.2) is 19.2 Å². The summed E-state index contributed by atoms with van der Waals surface area (Å²) in [5, 5.41) is 0. The molecule has 0 fully saturated rings. The van der Waals surface area contributed by atoms with Crippen LogP contribution in [-0.2, 0) is 19.1 Å². The first-order valence-corrected chi connectivity index (χ1v) is 17.0. The van der Waals surface area contributed by atoms with Crippen molar-refractivity contribution >= 4 is 23.9 Å². The zero-order valence-corrected chi connectivity index (χ0v) is 29.1. The summed E-state index contributed by atoms with van der Waals surface area (Å²) in [6.07, 6.45) is 9.34. The highest BCUT2D eigenvalue weighted by molar-refractivity contribution is 5.92. The lowest BCUT2D eigenvalue weighted by atomic mass is 10.2. The van der Waals surface area contributed by atoms with Crippen LogP contribution in [0.25, 0.3) is 0 Å². The molecule has 0 radical (unpaired) electrons. The maximum atomic E-state index is 12.6. The maximum Gasteiger partial charge on any atom is 0.343 e. The first-order chi connectivity index (χ1) is 24.4. The van der Waals surface area contributed by atoms with Crippen molar-refractivity contribution < 1.29 is 47.6 Å². The van der Waals surface area contributed by atoms with Crippen LogP contribution < -0.4 is 18.9 Å². The summed E-state index contributed by atoms with van der Waals surface area (Å²) in [4.78, 5) is 47.2. The summed E-state index contributed by atoms with van der Waals surface area (Å²) in [6.45, 7) is 12.6. The van der Waals surface area contributed by atoms with Crippen LogP contribution in [0.15, 0.2) is 98.1 Å². The van der Waals surface area contributed by atoms with E-state index in [1.54, 1.807) is 72.8 Å². The van der Waals surface area contributed by atoms with Crippen molar-refractivity contribution in [2.75, 3.05) is 26.4 Å². The normalized spacial score (nSPS) is 10.0. The van der Waals surface area contributed by atoms with E-state index in [4.69, 9.17) is 28.4 Å². The Bertz CT molecular complexity index is 1350. The van der Waals surface area contributed by atoms with Gasteiger partial charge in [0, 0.05) is 12.2 Å². The fourth-order valence-corrected chi connectivity index (χ4v) is 4.24. The van der Waals surface area contributed by atoms with E-state index in [2.05, 4.69) is 13.2 Å². The molecule has 0 atom stereocenters. The van der Waals surface area contributed by atoms with Crippen molar-refractivity contribution in [3.8, 4) is 23.0 Å². The molecule has 3 rings (SSSR count). The summed E-state index contributed by atoms with van der Waals surface area (Å²) in [7, 11) is 0. The second-order valence-electron chi connectivity index (χ2n) is 10.6. The quantitative estimate of drug-likeness (QED) is 0.0439. The minimum Gasteiger partial charge on any atom is -0.494 e. The fourth-order valence-electron chi connectivity index (χ4n) is 4.24. The minimum atomic E-state index is -0.530. The molecule has 50 heavy (non-hydrogen) atoms. The molecular weight excluding hydrogens is 640 g/mol. The van der Waals surface area contributed by atoms with Gasteiger partial charge in [-0.3, -0.25) is 0 Å². The molecule has 3 aromatic carbocycles. The molecule has 0 saturated heterocycles. The molecule has 0 saturated carbocycles. The Hall–Kier alpha value is -5.38. The second-order valence-corrected chi connectivity index (χ2v) is 10.6. The van der Waals surface area contributed by atoms with Gasteiger partial charge in [-0.1, -0.05) is 27.0 Å². The molecule has 0 spiro atoms. The van der Waals surface area contributed by atoms with Gasteiger partial charge in [0.15, 0.2) is 0 Å². The Morgan fingerprint density at radius 2 is 0.760 bits per heavy atom. The zero-order chi connectivity index (χ0) is 36.4. The lowest BCUT2D eigenvalue weighted by Gasteiger charge is -2.09. The van der Waals surface area contributed by atoms with Crippen molar-refractivity contribution in [3.63, 3.8) is 0 Å². The van der Waals surface area contributed by atoms with E-state index in [1.807, 2.05) is 13.8 Å². The van der Waals surface area contributed by atoms with Gasteiger partial charge in [-0.2, -0.15) is 0 Å². The average molecular weight is 689 g/mol. The lowest BCUT2D eigenvalue weighted by Crippen LogP contribution is -2.10. The Balaban J connectivity index is 0.00000425. The molecule has 0 unspecified atom stereocenters. The van der Waals surface area contributed by atoms with Crippen LogP contribution in [0.4, 0.5) is 0 Å². The van der Waals surface area contributed by atoms with E-state index >= 15 is 0 Å². The standard InChI is InChI=1S/C38H42O10.C2H6/c1-3-35(39)45-27-11-7-5-9-25-43-31-17-13-29(14-18-31)37(41)47-33-21-23-34(24-22-33)48-38(42)30-15-19-32(20-16-30)44-26-10-6-8-12-28-46-36(40)4-2;1-2/h3-4,13-24H,1-2,5-12,25-28H2;1-2H3. The van der Waals surface area contributed by atoms with Gasteiger partial charge in [0.2, 0.25) is 0 Å². The molecule has 0 N–H and O–H groups in total. The number of rotatable bonds is 22. The number of carbonyl (C=O) groups excluding carboxylic acids is 4. The molecule has 0 bridgehead atoms. The molecule has 10 nitrogen and oxygen atoms in total. The van der Waals surface area contributed by atoms with Crippen LogP contribution in [0, 0.1) is 0 Å². The third kappa shape index (κ3) is 16.6. The highest BCUT2D eigenvalue weighted by atomic mass is 16.5. The highest BCUT2D eigenvalue weighted by Gasteiger charge is 2.12. The highest BCUT2D eigenvalue weighted by Crippen LogP contribution is 2.22. The SMILES string of the molecule is C=CC(=O)OCCCCCCOc1ccc(C(=O)Oc2ccc(OC(=O)c3ccc(OCCCCCCOC(=O)C=C)cc3)cc2)cc1.CC. The third-order valence-corrected chi connectivity index (χ3v) is 6.86. The maximum absolute atomic E-state index is 12.6. The van der Waals surface area contributed by atoms with E-state index in [0.717, 1.165) is 63.5 Å². The van der Waals surface area contributed by atoms with Crippen LogP contribution in [0.3, 0.4) is 0 Å². The van der Waals surface area contributed by atoms with Gasteiger partial charge >= 0.3 is 23.9 Å². The molecule has 10 heteroatoms. The van der Waals surface area contributed by atoms with Gasteiger partial charge in [0.05, 0.1) is 37.6 Å². The topological polar surface area (TPSA) is 124 Å². The van der Waals surface area contributed by atoms with Crippen molar-refractivity contribution in [1.29, 1.82) is 0 Å². The summed E-state index contributed by atoms with van der Waals surface area (Å²) in [6, 6.07) is 19.6. The predicted octanol–water partition coefficient (Wildman–Crippen LogP) is 8.49. The number of carbonyl (C=O) groups is 4. The van der Waals surface area contributed by atoms with Gasteiger partial charge in [-0.15, -0.1) is 0 Å². The van der Waals surface area contributed by atoms with Crippen LogP contribution in [-0.4, -0.2) is 50.3 Å². The Morgan fingerprint density at radius 3 is 1.08 bits per heavy atom. The number of unbranched alkanes of at least 4 members (excludes halogenated alkanes) is 6. The predicted molar refractivity (Wildman–Crippen MR) is 191 cm³/mol. The first-order valence-electron chi connectivity index (χ1n) is 17.0. The Kier molecular flexibility index (Phi) is 20.2. The van der Waals surface area contributed by atoms with E-state index in [1.165, 1.54) is 0 Å². The molecule has 0 aliphatic heterocycles. The molecule has 3 aromatic rings. The largest absolute Gasteiger partial charge is 0.494 e. The molecule has 268 valence electrons. The molecule has 0 heterocycles. The molecule has 0 amide bonds. The van der Waals surface area contributed by atoms with Gasteiger partial charge < -0.3 is 28.4 Å².